The second-order valence-corrected chi connectivity index (χ2v) is 5.52. The normalized spacial score (nSPS) is 11.2. The van der Waals surface area contributed by atoms with Crippen molar-refractivity contribution in [2.75, 3.05) is 18.5 Å². The number of para-hydroxylation sites is 1. The summed E-state index contributed by atoms with van der Waals surface area (Å²) in [6.07, 6.45) is -9.11. The van der Waals surface area contributed by atoms with Crippen molar-refractivity contribution in [2.45, 2.75) is 12.4 Å². The molecular formula is C19H14F6N2O2. The maximum Gasteiger partial charge on any atom is 0.418 e. The molecule has 0 heterocycles. The zero-order chi connectivity index (χ0) is 21.5. The van der Waals surface area contributed by atoms with Gasteiger partial charge in [0.2, 0.25) is 0 Å². The van der Waals surface area contributed by atoms with Crippen LogP contribution in [0.25, 0.3) is 0 Å². The third-order valence-corrected chi connectivity index (χ3v) is 3.42. The van der Waals surface area contributed by atoms with E-state index in [1.807, 2.05) is 0 Å². The first-order chi connectivity index (χ1) is 13.6. The van der Waals surface area contributed by atoms with E-state index in [0.29, 0.717) is 0 Å². The highest BCUT2D eigenvalue weighted by molar-refractivity contribution is 5.90. The largest absolute Gasteiger partial charge is 0.481 e. The molecule has 2 aromatic rings. The molecule has 154 valence electrons. The number of amides is 2. The van der Waals surface area contributed by atoms with Crippen LogP contribution in [-0.2, 0) is 12.4 Å². The van der Waals surface area contributed by atoms with E-state index in [9.17, 15) is 31.1 Å². The Bertz CT molecular complexity index is 913. The minimum Gasteiger partial charge on any atom is -0.481 e. The molecule has 0 fully saturated rings. The zero-order valence-electron chi connectivity index (χ0n) is 14.6. The Labute approximate surface area is 161 Å². The third kappa shape index (κ3) is 6.95. The van der Waals surface area contributed by atoms with E-state index < -0.39 is 35.2 Å². The highest BCUT2D eigenvalue weighted by atomic mass is 19.4. The number of hydrogen-bond acceptors (Lipinski definition) is 2. The van der Waals surface area contributed by atoms with Crippen molar-refractivity contribution in [3.8, 4) is 17.6 Å². The second kappa shape index (κ2) is 9.23. The van der Waals surface area contributed by atoms with E-state index in [1.54, 1.807) is 0 Å². The molecule has 0 bridgehead atoms. The molecule has 0 saturated carbocycles. The highest BCUT2D eigenvalue weighted by Crippen LogP contribution is 2.34. The zero-order valence-corrected chi connectivity index (χ0v) is 14.6. The molecule has 0 spiro atoms. The molecule has 0 radical (unpaired) electrons. The van der Waals surface area contributed by atoms with E-state index in [2.05, 4.69) is 22.5 Å². The fourth-order valence-electron chi connectivity index (χ4n) is 2.13. The Hall–Kier alpha value is -3.35. The highest BCUT2D eigenvalue weighted by Gasteiger charge is 2.33. The van der Waals surface area contributed by atoms with Crippen molar-refractivity contribution in [3.05, 3.63) is 59.7 Å². The van der Waals surface area contributed by atoms with Crippen molar-refractivity contribution in [3.63, 3.8) is 0 Å². The molecule has 0 atom stereocenters. The third-order valence-electron chi connectivity index (χ3n) is 3.42. The van der Waals surface area contributed by atoms with Crippen LogP contribution in [0.15, 0.2) is 48.5 Å². The minimum atomic E-state index is -4.62. The average molecular weight is 416 g/mol. The van der Waals surface area contributed by atoms with Gasteiger partial charge in [-0.25, -0.2) is 4.79 Å². The van der Waals surface area contributed by atoms with Crippen LogP contribution in [0.3, 0.4) is 0 Å². The molecule has 10 heteroatoms. The van der Waals surface area contributed by atoms with Crippen LogP contribution in [0.1, 0.15) is 11.1 Å². The first-order valence-electron chi connectivity index (χ1n) is 8.04. The topological polar surface area (TPSA) is 50.4 Å². The number of hydrogen-bond donors (Lipinski definition) is 2. The van der Waals surface area contributed by atoms with Crippen molar-refractivity contribution in [1.29, 1.82) is 0 Å². The summed E-state index contributed by atoms with van der Waals surface area (Å²) in [7, 11) is 0. The first-order valence-corrected chi connectivity index (χ1v) is 8.04. The van der Waals surface area contributed by atoms with Crippen LogP contribution in [-0.4, -0.2) is 19.2 Å². The molecule has 4 nitrogen and oxygen atoms in total. The summed E-state index contributed by atoms with van der Waals surface area (Å²) in [5.74, 6) is 4.92. The fourth-order valence-corrected chi connectivity index (χ4v) is 2.13. The summed E-state index contributed by atoms with van der Waals surface area (Å²) >= 11 is 0. The van der Waals surface area contributed by atoms with Crippen LogP contribution >= 0.6 is 0 Å². The molecule has 0 aliphatic rings. The standard InChI is InChI=1S/C19H14F6N2O2/c20-18(21,22)13-6-5-7-14(12-13)29-11-4-3-10-26-17(28)27-16-9-2-1-8-15(16)19(23,24)25/h1-2,5-9,12H,10-11H2,(H2,26,27,28). The monoisotopic (exact) mass is 416 g/mol. The summed E-state index contributed by atoms with van der Waals surface area (Å²) in [5.41, 5.74) is -2.26. The van der Waals surface area contributed by atoms with Gasteiger partial charge in [0.25, 0.3) is 0 Å². The lowest BCUT2D eigenvalue weighted by molar-refractivity contribution is -0.138. The fraction of sp³-hybridized carbons (Fsp3) is 0.211. The summed E-state index contributed by atoms with van der Waals surface area (Å²) < 4.78 is 81.4. The van der Waals surface area contributed by atoms with E-state index in [0.717, 1.165) is 24.3 Å². The number of benzene rings is 2. The summed E-state index contributed by atoms with van der Waals surface area (Å²) in [5, 5.41) is 4.32. The Kier molecular flexibility index (Phi) is 6.98. The molecule has 2 N–H and O–H groups in total. The lowest BCUT2D eigenvalue weighted by Gasteiger charge is -2.13. The molecular weight excluding hydrogens is 402 g/mol. The van der Waals surface area contributed by atoms with Gasteiger partial charge in [0, 0.05) is 0 Å². The Morgan fingerprint density at radius 3 is 2.34 bits per heavy atom. The molecule has 0 aromatic heterocycles. The van der Waals surface area contributed by atoms with Crippen LogP contribution in [0.4, 0.5) is 36.8 Å². The smallest absolute Gasteiger partial charge is 0.418 e. The van der Waals surface area contributed by atoms with Gasteiger partial charge in [0.05, 0.1) is 23.4 Å². The maximum absolute atomic E-state index is 12.9. The minimum absolute atomic E-state index is 0.0245. The summed E-state index contributed by atoms with van der Waals surface area (Å²) in [6, 6.07) is 7.84. The van der Waals surface area contributed by atoms with Gasteiger partial charge in [-0.1, -0.05) is 30.0 Å². The van der Waals surface area contributed by atoms with Crippen LogP contribution in [0.5, 0.6) is 5.75 Å². The van der Waals surface area contributed by atoms with Crippen LogP contribution in [0.2, 0.25) is 0 Å². The van der Waals surface area contributed by atoms with E-state index in [1.165, 1.54) is 24.3 Å². The maximum atomic E-state index is 12.9. The predicted octanol–water partition coefficient (Wildman–Crippen LogP) is 4.93. The number of anilines is 1. The molecule has 2 rings (SSSR count). The van der Waals surface area contributed by atoms with Gasteiger partial charge in [-0.05, 0) is 30.3 Å². The van der Waals surface area contributed by atoms with Gasteiger partial charge in [0.15, 0.2) is 0 Å². The van der Waals surface area contributed by atoms with Gasteiger partial charge in [-0.15, -0.1) is 0 Å². The van der Waals surface area contributed by atoms with Crippen molar-refractivity contribution < 1.29 is 35.9 Å². The quantitative estimate of drug-likeness (QED) is 0.549. The van der Waals surface area contributed by atoms with Gasteiger partial charge in [-0.2, -0.15) is 26.3 Å². The van der Waals surface area contributed by atoms with Gasteiger partial charge in [-0.3, -0.25) is 0 Å². The van der Waals surface area contributed by atoms with Gasteiger partial charge >= 0.3 is 18.4 Å². The number of urea groups is 1. The molecule has 0 aliphatic carbocycles. The summed E-state index contributed by atoms with van der Waals surface area (Å²) in [6.45, 7) is -0.437. The first kappa shape index (κ1) is 21.9. The van der Waals surface area contributed by atoms with E-state index >= 15 is 0 Å². The molecule has 2 aromatic carbocycles. The lowest BCUT2D eigenvalue weighted by Crippen LogP contribution is -2.30. The van der Waals surface area contributed by atoms with Crippen molar-refractivity contribution >= 4 is 11.7 Å². The van der Waals surface area contributed by atoms with Gasteiger partial charge in [0.1, 0.15) is 12.4 Å². The molecule has 0 saturated heterocycles. The lowest BCUT2D eigenvalue weighted by atomic mass is 10.1. The molecule has 2 amide bonds. The number of halogens is 6. The van der Waals surface area contributed by atoms with E-state index in [-0.39, 0.29) is 18.9 Å². The Morgan fingerprint density at radius 2 is 1.66 bits per heavy atom. The number of alkyl halides is 6. The number of rotatable bonds is 4. The Balaban J connectivity index is 1.81. The SMILES string of the molecule is O=C(NCC#CCOc1cccc(C(F)(F)F)c1)Nc1ccccc1C(F)(F)F. The van der Waals surface area contributed by atoms with Crippen molar-refractivity contribution in [1.82, 2.24) is 5.32 Å². The van der Waals surface area contributed by atoms with Crippen molar-refractivity contribution in [2.24, 2.45) is 0 Å². The average Bonchev–Trinajstić information content (AvgIpc) is 2.63. The molecule has 29 heavy (non-hydrogen) atoms. The molecule has 0 aliphatic heterocycles. The number of carbonyl (C=O) groups is 1. The number of nitrogens with one attached hydrogen (secondary N) is 2. The van der Waals surface area contributed by atoms with E-state index in [4.69, 9.17) is 4.74 Å². The number of ether oxygens (including phenoxy) is 1. The van der Waals surface area contributed by atoms with Gasteiger partial charge < -0.3 is 15.4 Å². The van der Waals surface area contributed by atoms with Crippen LogP contribution < -0.4 is 15.4 Å². The number of carbonyl (C=O) groups excluding carboxylic acids is 1. The second-order valence-electron chi connectivity index (χ2n) is 5.52. The van der Waals surface area contributed by atoms with Crippen LogP contribution in [0, 0.1) is 11.8 Å². The predicted molar refractivity (Wildman–Crippen MR) is 93.2 cm³/mol. The molecule has 0 unspecified atom stereocenters. The summed E-state index contributed by atoms with van der Waals surface area (Å²) in [4.78, 5) is 11.7. The Morgan fingerprint density at radius 1 is 0.931 bits per heavy atom.